The van der Waals surface area contributed by atoms with Crippen molar-refractivity contribution in [1.29, 1.82) is 0 Å². The van der Waals surface area contributed by atoms with Gasteiger partial charge >= 0.3 is 0 Å². The average molecular weight is 1340 g/mol. The van der Waals surface area contributed by atoms with Crippen molar-refractivity contribution in [2.24, 2.45) is 17.8 Å². The van der Waals surface area contributed by atoms with Crippen LogP contribution in [-0.4, -0.2) is 173 Å². The molecule has 0 radical (unpaired) electrons. The Bertz CT molecular complexity index is 3220. The van der Waals surface area contributed by atoms with Gasteiger partial charge in [-0.3, -0.25) is 28.8 Å². The van der Waals surface area contributed by atoms with Gasteiger partial charge in [-0.05, 0) is 180 Å². The van der Waals surface area contributed by atoms with Gasteiger partial charge in [0.25, 0.3) is 0 Å². The number of carbonyl (C=O) groups is 6. The molecule has 9 aliphatic rings. The zero-order chi connectivity index (χ0) is 68.0. The molecule has 9 fully saturated rings. The van der Waals surface area contributed by atoms with Gasteiger partial charge in [-0.1, -0.05) is 184 Å². The van der Waals surface area contributed by atoms with Gasteiger partial charge in [0.05, 0.1) is 20.0 Å². The molecule has 0 bridgehead atoms. The molecule has 0 aromatic heterocycles. The first kappa shape index (κ1) is 69.0. The average Bonchev–Trinajstić information content (AvgIpc) is 1.63. The number of likely N-dealkylation sites (tertiary alicyclic amines) is 3. The molecule has 16 nitrogen and oxygen atoms in total. The molecule has 2 saturated carbocycles. The van der Waals surface area contributed by atoms with E-state index in [1.807, 2.05) is 79.1 Å². The predicted octanol–water partition coefficient (Wildman–Crippen LogP) is 11.8. The van der Waals surface area contributed by atoms with Crippen molar-refractivity contribution in [3.8, 4) is 0 Å². The van der Waals surface area contributed by atoms with Crippen LogP contribution in [0.25, 0.3) is 0 Å². The van der Waals surface area contributed by atoms with Crippen molar-refractivity contribution in [1.82, 2.24) is 34.7 Å². The van der Waals surface area contributed by atoms with Gasteiger partial charge in [-0.2, -0.15) is 0 Å². The summed E-state index contributed by atoms with van der Waals surface area (Å²) >= 11 is 0. The number of nitrogens with one attached hydrogen (secondary N) is 1. The molecule has 7 heterocycles. The number of anilines is 3. The highest BCUT2D eigenvalue weighted by Crippen LogP contribution is 2.45. The summed E-state index contributed by atoms with van der Waals surface area (Å²) in [6.07, 6.45) is 21.2. The summed E-state index contributed by atoms with van der Waals surface area (Å²) in [5, 5.41) is 3.38. The summed E-state index contributed by atoms with van der Waals surface area (Å²) in [5.74, 6) is 2.58. The summed E-state index contributed by atoms with van der Waals surface area (Å²) in [4.78, 5) is 98.6. The summed E-state index contributed by atoms with van der Waals surface area (Å²) in [5.41, 5.74) is 5.89. The van der Waals surface area contributed by atoms with Gasteiger partial charge in [0, 0.05) is 56.3 Å². The highest BCUT2D eigenvalue weighted by molar-refractivity contribution is 5.98. The molecule has 16 heteroatoms. The Hall–Kier alpha value is -8.50. The highest BCUT2D eigenvalue weighted by Gasteiger charge is 2.56. The Labute approximate surface area is 587 Å². The maximum Gasteiger partial charge on any atom is 0.250 e. The zero-order valence-electron chi connectivity index (χ0n) is 58.3. The van der Waals surface area contributed by atoms with Gasteiger partial charge in [0.15, 0.2) is 0 Å². The van der Waals surface area contributed by atoms with Crippen molar-refractivity contribution in [3.63, 3.8) is 0 Å². The SMILES string of the molecule is O=C(CN1CN(c2ccccc2)C2(CCCCC2)C1=O)N1CCC(Cc2ccccc2)CC1.O=C(CN1CN(c2ccccc2)C2(CCCCC2)C1=O)N1CCC(Cc2ccccc2)CC1.O=C(CN1CN(c2ccccc2)C2(CCNCC2)C1=O)N1CCC(Cc2ccccc2)CC1. The number of nitrogens with zero attached hydrogens (tertiary/aromatic N) is 9. The van der Waals surface area contributed by atoms with Crippen LogP contribution in [0.1, 0.15) is 132 Å². The third-order valence-corrected chi connectivity index (χ3v) is 23.5. The quantitative estimate of drug-likeness (QED) is 0.106. The van der Waals surface area contributed by atoms with Crippen LogP contribution in [0.2, 0.25) is 0 Å². The minimum Gasteiger partial charge on any atom is -0.341 e. The smallest absolute Gasteiger partial charge is 0.250 e. The molecule has 0 unspecified atom stereocenters. The van der Waals surface area contributed by atoms with Gasteiger partial charge < -0.3 is 49.4 Å². The Morgan fingerprint density at radius 2 is 0.566 bits per heavy atom. The van der Waals surface area contributed by atoms with Crippen LogP contribution in [0.4, 0.5) is 17.1 Å². The van der Waals surface area contributed by atoms with E-state index in [1.165, 1.54) is 29.5 Å². The highest BCUT2D eigenvalue weighted by atomic mass is 16.2. The molecule has 7 saturated heterocycles. The lowest BCUT2D eigenvalue weighted by Gasteiger charge is -2.40. The fraction of sp³-hybridized carbons (Fsp3) is 0.494. The summed E-state index contributed by atoms with van der Waals surface area (Å²) < 4.78 is 0. The Morgan fingerprint density at radius 1 is 0.323 bits per heavy atom. The number of hydrogen-bond acceptors (Lipinski definition) is 10. The lowest BCUT2D eigenvalue weighted by atomic mass is 9.80. The van der Waals surface area contributed by atoms with Gasteiger partial charge in [-0.25, -0.2) is 0 Å². The maximum absolute atomic E-state index is 13.7. The van der Waals surface area contributed by atoms with E-state index in [0.717, 1.165) is 191 Å². The number of piperidine rings is 4. The third kappa shape index (κ3) is 15.9. The normalized spacial score (nSPS) is 21.1. The molecule has 6 amide bonds. The first-order valence-corrected chi connectivity index (χ1v) is 37.5. The van der Waals surface area contributed by atoms with Crippen molar-refractivity contribution in [2.45, 2.75) is 151 Å². The lowest BCUT2D eigenvalue weighted by Crippen LogP contribution is -2.56. The predicted molar refractivity (Wildman–Crippen MR) is 391 cm³/mol. The lowest BCUT2D eigenvalue weighted by molar-refractivity contribution is -0.141. The summed E-state index contributed by atoms with van der Waals surface area (Å²) in [6, 6.07) is 62.5. The van der Waals surface area contributed by atoms with E-state index in [-0.39, 0.29) is 55.1 Å². The largest absolute Gasteiger partial charge is 0.341 e. The number of benzene rings is 6. The number of carbonyl (C=O) groups excluding carboxylic acids is 6. The molecule has 99 heavy (non-hydrogen) atoms. The molecule has 3 spiro atoms. The molecule has 2 aliphatic carbocycles. The summed E-state index contributed by atoms with van der Waals surface area (Å²) in [7, 11) is 0. The van der Waals surface area contributed by atoms with Crippen LogP contribution in [0.15, 0.2) is 182 Å². The zero-order valence-corrected chi connectivity index (χ0v) is 58.3. The second kappa shape index (κ2) is 32.2. The molecule has 1 N–H and O–H groups in total. The molecule has 522 valence electrons. The number of amides is 6. The monoisotopic (exact) mass is 1340 g/mol. The first-order valence-electron chi connectivity index (χ1n) is 37.5. The number of para-hydroxylation sites is 3. The molecule has 7 aliphatic heterocycles. The number of hydrogen-bond donors (Lipinski definition) is 1. The van der Waals surface area contributed by atoms with Gasteiger partial charge in [0.1, 0.15) is 36.3 Å². The molecule has 15 rings (SSSR count). The third-order valence-electron chi connectivity index (χ3n) is 23.5. The van der Waals surface area contributed by atoms with E-state index in [2.05, 4.69) is 147 Å². The molecule has 0 atom stereocenters. The van der Waals surface area contributed by atoms with Gasteiger partial charge in [-0.15, -0.1) is 0 Å². The van der Waals surface area contributed by atoms with Crippen LogP contribution in [0.5, 0.6) is 0 Å². The Kier molecular flexibility index (Phi) is 22.5. The van der Waals surface area contributed by atoms with E-state index >= 15 is 0 Å². The first-order chi connectivity index (χ1) is 48.5. The second-order valence-electron chi connectivity index (χ2n) is 29.7. The van der Waals surface area contributed by atoms with Crippen LogP contribution in [0.3, 0.4) is 0 Å². The Morgan fingerprint density at radius 3 is 0.828 bits per heavy atom. The van der Waals surface area contributed by atoms with Crippen molar-refractivity contribution in [2.75, 3.05) is 107 Å². The Balaban J connectivity index is 0.000000133. The van der Waals surface area contributed by atoms with E-state index in [9.17, 15) is 28.8 Å². The molecule has 6 aromatic carbocycles. The molecule has 6 aromatic rings. The van der Waals surface area contributed by atoms with E-state index in [4.69, 9.17) is 0 Å². The van der Waals surface area contributed by atoms with Crippen LogP contribution in [0, 0.1) is 17.8 Å². The van der Waals surface area contributed by atoms with Crippen molar-refractivity contribution < 1.29 is 28.8 Å². The van der Waals surface area contributed by atoms with Crippen LogP contribution >= 0.6 is 0 Å². The van der Waals surface area contributed by atoms with Crippen molar-refractivity contribution in [3.05, 3.63) is 199 Å². The van der Waals surface area contributed by atoms with E-state index in [1.54, 1.807) is 4.90 Å². The standard InChI is InChI=1S/2C28H35N3O2.C27H34N4O2/c2*32-26(29-18-14-24(15-19-29)20-23-10-4-1-5-11-23)21-30-22-31(25-12-6-2-7-13-25)28(27(30)33)16-8-3-9-17-28;32-25(29-17-11-23(12-18-29)19-22-7-3-1-4-8-22)20-30-21-31(24-9-5-2-6-10-24)27(26(30)33)13-15-28-16-14-27/h2*1-2,4-7,10-13,24H,3,8-9,14-22H2;1-10,23,28H,11-21H2. The summed E-state index contributed by atoms with van der Waals surface area (Å²) in [6.45, 7) is 8.51. The molecular weight excluding hydrogens is 1230 g/mol. The van der Waals surface area contributed by atoms with E-state index in [0.29, 0.717) is 37.8 Å². The fourth-order valence-electron chi connectivity index (χ4n) is 17.9. The molecular formula is C83H104N10O6. The second-order valence-corrected chi connectivity index (χ2v) is 29.7. The van der Waals surface area contributed by atoms with Crippen LogP contribution in [-0.2, 0) is 48.0 Å². The topological polar surface area (TPSA) is 144 Å². The number of rotatable bonds is 15. The van der Waals surface area contributed by atoms with Crippen molar-refractivity contribution >= 4 is 52.5 Å². The maximum atomic E-state index is 13.7. The van der Waals surface area contributed by atoms with E-state index < -0.39 is 16.6 Å². The van der Waals surface area contributed by atoms with Gasteiger partial charge in [0.2, 0.25) is 35.4 Å². The fourth-order valence-corrected chi connectivity index (χ4v) is 17.9. The minimum absolute atomic E-state index is 0.0838. The minimum atomic E-state index is -0.532. The van der Waals surface area contributed by atoms with Crippen LogP contribution < -0.4 is 20.0 Å².